The fourth-order valence-corrected chi connectivity index (χ4v) is 4.97. The molecule has 158 valence electrons. The van der Waals surface area contributed by atoms with Gasteiger partial charge in [-0.3, -0.25) is 0 Å². The molecular weight excluding hydrogens is 400 g/mol. The Labute approximate surface area is 177 Å². The summed E-state index contributed by atoms with van der Waals surface area (Å²) >= 11 is 0. The molecule has 0 amide bonds. The number of anilines is 1. The maximum absolute atomic E-state index is 13.5. The molecule has 3 aromatic rings. The Balaban J connectivity index is 1.79. The molecular formula is C23H26N2O4S. The van der Waals surface area contributed by atoms with Gasteiger partial charge >= 0.3 is 0 Å². The van der Waals surface area contributed by atoms with E-state index in [4.69, 9.17) is 9.15 Å². The maximum Gasteiger partial charge on any atom is 0.236 e. The van der Waals surface area contributed by atoms with Gasteiger partial charge in [-0.25, -0.2) is 8.42 Å². The van der Waals surface area contributed by atoms with Crippen LogP contribution >= 0.6 is 0 Å². The predicted octanol–water partition coefficient (Wildman–Crippen LogP) is 4.95. The predicted molar refractivity (Wildman–Crippen MR) is 116 cm³/mol. The summed E-state index contributed by atoms with van der Waals surface area (Å²) in [4.78, 5) is 6.66. The van der Waals surface area contributed by atoms with E-state index < -0.39 is 9.84 Å². The second-order valence-electron chi connectivity index (χ2n) is 7.30. The van der Waals surface area contributed by atoms with Crippen molar-refractivity contribution in [3.63, 3.8) is 0 Å². The van der Waals surface area contributed by atoms with Crippen LogP contribution in [-0.2, 0) is 9.84 Å². The molecule has 2 heterocycles. The topological polar surface area (TPSA) is 72.6 Å². The average Bonchev–Trinajstić information content (AvgIpc) is 3.05. The van der Waals surface area contributed by atoms with Gasteiger partial charge in [0.25, 0.3) is 0 Å². The molecule has 1 aromatic heterocycles. The molecule has 0 radical (unpaired) electrons. The molecule has 0 N–H and O–H groups in total. The zero-order chi connectivity index (χ0) is 21.0. The fourth-order valence-electron chi connectivity index (χ4n) is 3.64. The third-order valence-corrected chi connectivity index (χ3v) is 6.86. The van der Waals surface area contributed by atoms with E-state index >= 15 is 0 Å². The van der Waals surface area contributed by atoms with Crippen molar-refractivity contribution >= 4 is 15.7 Å². The van der Waals surface area contributed by atoms with Crippen molar-refractivity contribution in [2.45, 2.75) is 42.5 Å². The van der Waals surface area contributed by atoms with Crippen LogP contribution < -0.4 is 9.64 Å². The number of hydrogen-bond acceptors (Lipinski definition) is 6. The average molecular weight is 427 g/mol. The van der Waals surface area contributed by atoms with Crippen LogP contribution in [0.5, 0.6) is 5.75 Å². The summed E-state index contributed by atoms with van der Waals surface area (Å²) < 4.78 is 38.5. The first-order valence-electron chi connectivity index (χ1n) is 10.4. The van der Waals surface area contributed by atoms with Crippen LogP contribution in [0, 0.1) is 0 Å². The molecule has 2 aromatic carbocycles. The van der Waals surface area contributed by atoms with E-state index in [0.717, 1.165) is 44.3 Å². The Morgan fingerprint density at radius 2 is 1.63 bits per heavy atom. The summed E-state index contributed by atoms with van der Waals surface area (Å²) in [7, 11) is -3.85. The first-order chi connectivity index (χ1) is 14.6. The van der Waals surface area contributed by atoms with Gasteiger partial charge in [0.2, 0.25) is 26.6 Å². The second kappa shape index (κ2) is 8.92. The van der Waals surface area contributed by atoms with Gasteiger partial charge in [0, 0.05) is 18.7 Å². The minimum absolute atomic E-state index is 0.0209. The summed E-state index contributed by atoms with van der Waals surface area (Å²) in [6, 6.07) is 15.8. The summed E-state index contributed by atoms with van der Waals surface area (Å²) in [5.41, 5.74) is 0.752. The van der Waals surface area contributed by atoms with Gasteiger partial charge in [0.05, 0.1) is 11.5 Å². The monoisotopic (exact) mass is 426 g/mol. The van der Waals surface area contributed by atoms with E-state index in [1.165, 1.54) is 0 Å². The lowest BCUT2D eigenvalue weighted by atomic mass is 10.2. The third-order valence-electron chi connectivity index (χ3n) is 5.19. The Hall–Kier alpha value is -2.80. The first kappa shape index (κ1) is 20.5. The number of hydrogen-bond donors (Lipinski definition) is 0. The van der Waals surface area contributed by atoms with Crippen LogP contribution in [0.1, 0.15) is 32.6 Å². The zero-order valence-corrected chi connectivity index (χ0v) is 17.9. The van der Waals surface area contributed by atoms with Gasteiger partial charge in [-0.05, 0) is 56.2 Å². The smallest absolute Gasteiger partial charge is 0.236 e. The minimum atomic E-state index is -3.85. The van der Waals surface area contributed by atoms with Crippen molar-refractivity contribution in [1.82, 2.24) is 4.98 Å². The summed E-state index contributed by atoms with van der Waals surface area (Å²) in [5, 5.41) is -0.0209. The van der Waals surface area contributed by atoms with Crippen molar-refractivity contribution in [2.75, 3.05) is 24.6 Å². The molecule has 1 aliphatic rings. The first-order valence-corrected chi connectivity index (χ1v) is 11.9. The molecule has 1 saturated heterocycles. The highest BCUT2D eigenvalue weighted by Gasteiger charge is 2.31. The zero-order valence-electron chi connectivity index (χ0n) is 17.1. The molecule has 0 spiro atoms. The second-order valence-corrected chi connectivity index (χ2v) is 9.17. The van der Waals surface area contributed by atoms with Crippen molar-refractivity contribution in [3.05, 3.63) is 54.6 Å². The van der Waals surface area contributed by atoms with Crippen LogP contribution in [0.25, 0.3) is 11.5 Å². The molecule has 1 aliphatic heterocycles. The molecule has 4 rings (SSSR count). The number of rotatable bonds is 6. The largest absolute Gasteiger partial charge is 0.494 e. The Kier molecular flexibility index (Phi) is 6.08. The highest BCUT2D eigenvalue weighted by Crippen LogP contribution is 2.36. The highest BCUT2D eigenvalue weighted by molar-refractivity contribution is 7.91. The molecule has 0 aliphatic carbocycles. The van der Waals surface area contributed by atoms with Crippen molar-refractivity contribution in [1.29, 1.82) is 0 Å². The van der Waals surface area contributed by atoms with Gasteiger partial charge in [-0.15, -0.1) is 0 Å². The van der Waals surface area contributed by atoms with Crippen molar-refractivity contribution in [2.24, 2.45) is 0 Å². The Bertz CT molecular complexity index is 1070. The summed E-state index contributed by atoms with van der Waals surface area (Å²) in [5.74, 6) is 1.29. The molecule has 6 nitrogen and oxygen atoms in total. The molecule has 30 heavy (non-hydrogen) atoms. The molecule has 0 atom stereocenters. The summed E-state index contributed by atoms with van der Waals surface area (Å²) in [6.45, 7) is 3.93. The van der Waals surface area contributed by atoms with E-state index in [2.05, 4.69) is 4.98 Å². The maximum atomic E-state index is 13.5. The molecule has 1 fully saturated rings. The van der Waals surface area contributed by atoms with Crippen LogP contribution in [0.2, 0.25) is 0 Å². The lowest BCUT2D eigenvalue weighted by molar-refractivity contribution is 0.340. The van der Waals surface area contributed by atoms with Gasteiger partial charge in [0.15, 0.2) is 0 Å². The van der Waals surface area contributed by atoms with Crippen LogP contribution in [0.15, 0.2) is 68.9 Å². The highest BCUT2D eigenvalue weighted by atomic mass is 32.2. The number of sulfone groups is 1. The minimum Gasteiger partial charge on any atom is -0.494 e. The summed E-state index contributed by atoms with van der Waals surface area (Å²) in [6.07, 6.45) is 4.28. The van der Waals surface area contributed by atoms with E-state index in [1.807, 2.05) is 42.2 Å². The molecule has 0 saturated carbocycles. The Morgan fingerprint density at radius 3 is 2.27 bits per heavy atom. The van der Waals surface area contributed by atoms with Crippen LogP contribution in [-0.4, -0.2) is 33.1 Å². The number of ether oxygens (including phenoxy) is 1. The lowest BCUT2D eigenvalue weighted by Crippen LogP contribution is -2.25. The standard InChI is InChI=1S/C23H26N2O4S/c1-2-28-19-12-14-20(15-13-19)30(26,27)22-23(25-16-8-3-4-9-17-25)29-21(24-22)18-10-6-5-7-11-18/h5-7,10-15H,2-4,8-9,16-17H2,1H3. The fraction of sp³-hybridized carbons (Fsp3) is 0.348. The van der Waals surface area contributed by atoms with E-state index in [1.54, 1.807) is 24.3 Å². The van der Waals surface area contributed by atoms with Crippen LogP contribution in [0.3, 0.4) is 0 Å². The molecule has 0 unspecified atom stereocenters. The van der Waals surface area contributed by atoms with Gasteiger partial charge in [-0.1, -0.05) is 31.0 Å². The van der Waals surface area contributed by atoms with E-state index in [-0.39, 0.29) is 9.92 Å². The number of oxazole rings is 1. The van der Waals surface area contributed by atoms with Crippen LogP contribution in [0.4, 0.5) is 5.88 Å². The van der Waals surface area contributed by atoms with Crippen molar-refractivity contribution in [3.8, 4) is 17.2 Å². The molecule has 0 bridgehead atoms. The lowest BCUT2D eigenvalue weighted by Gasteiger charge is -2.20. The normalized spacial score (nSPS) is 15.0. The SMILES string of the molecule is CCOc1ccc(S(=O)(=O)c2nc(-c3ccccc3)oc2N2CCCCCC2)cc1. The van der Waals surface area contributed by atoms with E-state index in [9.17, 15) is 8.42 Å². The molecule has 7 heteroatoms. The van der Waals surface area contributed by atoms with Gasteiger partial charge in [0.1, 0.15) is 5.75 Å². The third kappa shape index (κ3) is 4.21. The number of nitrogens with zero attached hydrogens (tertiary/aromatic N) is 2. The quantitative estimate of drug-likeness (QED) is 0.555. The van der Waals surface area contributed by atoms with Crippen molar-refractivity contribution < 1.29 is 17.6 Å². The van der Waals surface area contributed by atoms with E-state index in [0.29, 0.717) is 24.1 Å². The van der Waals surface area contributed by atoms with Gasteiger partial charge < -0.3 is 14.1 Å². The number of benzene rings is 2. The Morgan fingerprint density at radius 1 is 0.967 bits per heavy atom. The van der Waals surface area contributed by atoms with Gasteiger partial charge in [-0.2, -0.15) is 4.98 Å². The number of aromatic nitrogens is 1.